The van der Waals surface area contributed by atoms with Crippen molar-refractivity contribution in [2.24, 2.45) is 0 Å². The number of benzene rings is 1. The lowest BCUT2D eigenvalue weighted by molar-refractivity contribution is 0.0935. The Morgan fingerprint density at radius 1 is 1.27 bits per heavy atom. The number of amides is 1. The predicted molar refractivity (Wildman–Crippen MR) is 88.4 cm³/mol. The maximum atomic E-state index is 13.3. The average molecular weight is 339 g/mol. The fraction of sp³-hybridized carbons (Fsp3) is 0.312. The van der Waals surface area contributed by atoms with Gasteiger partial charge in [0, 0.05) is 24.8 Å². The first kappa shape index (κ1) is 15.3. The summed E-state index contributed by atoms with van der Waals surface area (Å²) in [5, 5.41) is 3.04. The molecule has 0 spiro atoms. The first-order valence-corrected chi connectivity index (χ1v) is 8.38. The highest BCUT2D eigenvalue weighted by Gasteiger charge is 2.22. The molecular weight excluding hydrogens is 323 g/mol. The zero-order chi connectivity index (χ0) is 15.5. The number of nitrogens with one attached hydrogen (secondary N) is 1. The molecule has 22 heavy (non-hydrogen) atoms. The van der Waals surface area contributed by atoms with Crippen LogP contribution in [0.1, 0.15) is 22.5 Å². The second kappa shape index (κ2) is 6.67. The van der Waals surface area contributed by atoms with E-state index >= 15 is 0 Å². The summed E-state index contributed by atoms with van der Waals surface area (Å²) in [7, 11) is 0. The lowest BCUT2D eigenvalue weighted by atomic mass is 10.0. The number of thiophene rings is 1. The molecule has 116 valence electrons. The minimum absolute atomic E-state index is 0.0684. The van der Waals surface area contributed by atoms with Crippen molar-refractivity contribution in [2.45, 2.75) is 18.9 Å². The number of nitrogens with zero attached hydrogens (tertiary/aromatic N) is 1. The van der Waals surface area contributed by atoms with Crippen LogP contribution in [-0.4, -0.2) is 25.0 Å². The molecule has 1 aliphatic rings. The van der Waals surface area contributed by atoms with Gasteiger partial charge in [-0.15, -0.1) is 11.3 Å². The zero-order valence-electron chi connectivity index (χ0n) is 11.9. The Hall–Kier alpha value is -1.59. The van der Waals surface area contributed by atoms with E-state index in [4.69, 9.17) is 11.6 Å². The van der Waals surface area contributed by atoms with Crippen molar-refractivity contribution >= 4 is 34.5 Å². The second-order valence-electron chi connectivity index (χ2n) is 5.32. The number of rotatable bonds is 3. The van der Waals surface area contributed by atoms with E-state index in [1.54, 1.807) is 24.3 Å². The van der Waals surface area contributed by atoms with E-state index in [0.717, 1.165) is 31.6 Å². The number of hydrogen-bond acceptors (Lipinski definition) is 3. The smallest absolute Gasteiger partial charge is 0.261 e. The Morgan fingerprint density at radius 3 is 2.68 bits per heavy atom. The summed E-state index contributed by atoms with van der Waals surface area (Å²) in [6, 6.07) is 10.3. The third-order valence-electron chi connectivity index (χ3n) is 3.80. The molecule has 0 bridgehead atoms. The monoisotopic (exact) mass is 338 g/mol. The summed E-state index contributed by atoms with van der Waals surface area (Å²) in [6.45, 7) is 1.61. The zero-order valence-corrected chi connectivity index (χ0v) is 13.5. The van der Waals surface area contributed by atoms with Crippen molar-refractivity contribution in [3.05, 3.63) is 51.4 Å². The van der Waals surface area contributed by atoms with Gasteiger partial charge in [-0.3, -0.25) is 4.79 Å². The number of hydrogen-bond donors (Lipinski definition) is 1. The molecule has 2 aromatic rings. The van der Waals surface area contributed by atoms with Crippen LogP contribution >= 0.6 is 22.9 Å². The normalized spacial score (nSPS) is 15.8. The molecule has 1 amide bonds. The fourth-order valence-electron chi connectivity index (χ4n) is 2.65. The van der Waals surface area contributed by atoms with Crippen molar-refractivity contribution in [3.8, 4) is 0 Å². The molecule has 0 saturated carbocycles. The molecule has 3 nitrogen and oxygen atoms in total. The Morgan fingerprint density at radius 2 is 2.05 bits per heavy atom. The molecule has 1 aliphatic heterocycles. The maximum Gasteiger partial charge on any atom is 0.261 e. The van der Waals surface area contributed by atoms with Crippen LogP contribution in [-0.2, 0) is 0 Å². The minimum atomic E-state index is -0.220. The fourth-order valence-corrected chi connectivity index (χ4v) is 3.59. The SMILES string of the molecule is O=C(NC1CCN(c2cccc(F)c2)CC1)c1ccc(Cl)s1. The van der Waals surface area contributed by atoms with Gasteiger partial charge in [0.2, 0.25) is 0 Å². The quantitative estimate of drug-likeness (QED) is 0.919. The van der Waals surface area contributed by atoms with Crippen LogP contribution in [0.4, 0.5) is 10.1 Å². The third kappa shape index (κ3) is 3.59. The van der Waals surface area contributed by atoms with Gasteiger partial charge in [-0.25, -0.2) is 4.39 Å². The van der Waals surface area contributed by atoms with Crippen LogP contribution in [0.2, 0.25) is 4.34 Å². The molecule has 2 heterocycles. The van der Waals surface area contributed by atoms with E-state index in [1.807, 2.05) is 6.07 Å². The van der Waals surface area contributed by atoms with Gasteiger partial charge >= 0.3 is 0 Å². The Kier molecular flexibility index (Phi) is 4.64. The largest absolute Gasteiger partial charge is 0.371 e. The molecule has 1 aromatic carbocycles. The Labute approximate surface area is 137 Å². The second-order valence-corrected chi connectivity index (χ2v) is 7.03. The van der Waals surface area contributed by atoms with E-state index in [0.29, 0.717) is 9.21 Å². The number of carbonyl (C=O) groups excluding carboxylic acids is 1. The maximum absolute atomic E-state index is 13.3. The summed E-state index contributed by atoms with van der Waals surface area (Å²) in [6.07, 6.45) is 1.70. The van der Waals surface area contributed by atoms with Gasteiger partial charge in [-0.2, -0.15) is 0 Å². The highest BCUT2D eigenvalue weighted by atomic mass is 35.5. The Bertz CT molecular complexity index is 668. The molecule has 3 rings (SSSR count). The van der Waals surface area contributed by atoms with Gasteiger partial charge in [-0.05, 0) is 43.2 Å². The van der Waals surface area contributed by atoms with E-state index in [2.05, 4.69) is 10.2 Å². The topological polar surface area (TPSA) is 32.3 Å². The van der Waals surface area contributed by atoms with Crippen molar-refractivity contribution in [1.82, 2.24) is 5.32 Å². The summed E-state index contributed by atoms with van der Waals surface area (Å²) < 4.78 is 13.9. The first-order valence-electron chi connectivity index (χ1n) is 7.18. The molecular formula is C16H16ClFN2OS. The average Bonchev–Trinajstić information content (AvgIpc) is 2.95. The number of halogens is 2. The van der Waals surface area contributed by atoms with E-state index < -0.39 is 0 Å². The molecule has 1 N–H and O–H groups in total. The van der Waals surface area contributed by atoms with Crippen molar-refractivity contribution < 1.29 is 9.18 Å². The predicted octanol–water partition coefficient (Wildman–Crippen LogP) is 3.94. The molecule has 0 unspecified atom stereocenters. The number of piperidine rings is 1. The lowest BCUT2D eigenvalue weighted by Gasteiger charge is -2.33. The molecule has 0 aliphatic carbocycles. The van der Waals surface area contributed by atoms with Crippen LogP contribution in [0.25, 0.3) is 0 Å². The highest BCUT2D eigenvalue weighted by molar-refractivity contribution is 7.17. The summed E-state index contributed by atoms with van der Waals surface area (Å²) in [5.74, 6) is -0.288. The standard InChI is InChI=1S/C16H16ClFN2OS/c17-15-5-4-14(22-15)16(21)19-12-6-8-20(9-7-12)13-3-1-2-11(18)10-13/h1-5,10,12H,6-9H2,(H,19,21). The summed E-state index contributed by atoms with van der Waals surface area (Å²) >= 11 is 7.13. The van der Waals surface area contributed by atoms with Crippen LogP contribution in [0.3, 0.4) is 0 Å². The first-order chi connectivity index (χ1) is 10.6. The number of carbonyl (C=O) groups is 1. The van der Waals surface area contributed by atoms with Gasteiger partial charge in [0.05, 0.1) is 9.21 Å². The molecule has 0 radical (unpaired) electrons. The Balaban J connectivity index is 1.54. The summed E-state index contributed by atoms with van der Waals surface area (Å²) in [5.41, 5.74) is 0.898. The number of anilines is 1. The van der Waals surface area contributed by atoms with Gasteiger partial charge < -0.3 is 10.2 Å². The molecule has 1 aromatic heterocycles. The third-order valence-corrected chi connectivity index (χ3v) is 5.03. The highest BCUT2D eigenvalue weighted by Crippen LogP contribution is 2.23. The molecule has 1 fully saturated rings. The van der Waals surface area contributed by atoms with E-state index in [-0.39, 0.29) is 17.8 Å². The van der Waals surface area contributed by atoms with Crippen LogP contribution < -0.4 is 10.2 Å². The van der Waals surface area contributed by atoms with Crippen molar-refractivity contribution in [1.29, 1.82) is 0 Å². The van der Waals surface area contributed by atoms with Crippen molar-refractivity contribution in [2.75, 3.05) is 18.0 Å². The van der Waals surface area contributed by atoms with Gasteiger partial charge in [0.25, 0.3) is 5.91 Å². The van der Waals surface area contributed by atoms with Crippen LogP contribution in [0, 0.1) is 5.82 Å². The van der Waals surface area contributed by atoms with E-state index in [9.17, 15) is 9.18 Å². The molecule has 1 saturated heterocycles. The van der Waals surface area contributed by atoms with Crippen LogP contribution in [0.5, 0.6) is 0 Å². The molecule has 0 atom stereocenters. The van der Waals surface area contributed by atoms with Crippen molar-refractivity contribution in [3.63, 3.8) is 0 Å². The van der Waals surface area contributed by atoms with Gasteiger partial charge in [0.1, 0.15) is 5.82 Å². The van der Waals surface area contributed by atoms with E-state index in [1.165, 1.54) is 17.4 Å². The van der Waals surface area contributed by atoms with Gasteiger partial charge in [-0.1, -0.05) is 17.7 Å². The minimum Gasteiger partial charge on any atom is -0.371 e. The molecule has 6 heteroatoms. The van der Waals surface area contributed by atoms with Gasteiger partial charge in [0.15, 0.2) is 0 Å². The summed E-state index contributed by atoms with van der Waals surface area (Å²) in [4.78, 5) is 14.9. The lowest BCUT2D eigenvalue weighted by Crippen LogP contribution is -2.44. The van der Waals surface area contributed by atoms with Crippen LogP contribution in [0.15, 0.2) is 36.4 Å².